The molecule has 0 fully saturated rings. The predicted octanol–water partition coefficient (Wildman–Crippen LogP) is 3.36. The number of aliphatic hydroxyl groups excluding tert-OH is 1. The average molecular weight is 259 g/mol. The van der Waals surface area contributed by atoms with E-state index in [1.165, 1.54) is 10.5 Å². The summed E-state index contributed by atoms with van der Waals surface area (Å²) in [7, 11) is 0. The molecule has 0 bridgehead atoms. The first-order chi connectivity index (χ1) is 8.69. The highest BCUT2D eigenvalue weighted by Gasteiger charge is 1.99. The van der Waals surface area contributed by atoms with Gasteiger partial charge in [0.05, 0.1) is 6.61 Å². The van der Waals surface area contributed by atoms with Crippen LogP contribution in [0.3, 0.4) is 0 Å². The smallest absolute Gasteiger partial charge is 0.0681 e. The lowest BCUT2D eigenvalue weighted by molar-refractivity contribution is 0.282. The third-order valence-corrected chi connectivity index (χ3v) is 3.92. The molecule has 0 amide bonds. The molecule has 3 N–H and O–H groups in total. The minimum atomic E-state index is 0.102. The molecule has 0 aliphatic rings. The molecule has 0 saturated carbocycles. The van der Waals surface area contributed by atoms with Crippen LogP contribution in [-0.2, 0) is 12.4 Å². The van der Waals surface area contributed by atoms with E-state index in [1.807, 2.05) is 25.1 Å². The third kappa shape index (κ3) is 3.28. The van der Waals surface area contributed by atoms with Gasteiger partial charge < -0.3 is 10.8 Å². The number of nitrogens with two attached hydrogens (primary N) is 1. The Kier molecular flexibility index (Phi) is 4.28. The lowest BCUT2D eigenvalue weighted by Crippen LogP contribution is -1.89. The largest absolute Gasteiger partial charge is 0.399 e. The highest BCUT2D eigenvalue weighted by atomic mass is 32.2. The van der Waals surface area contributed by atoms with E-state index in [0.29, 0.717) is 0 Å². The van der Waals surface area contributed by atoms with E-state index >= 15 is 0 Å². The fraction of sp³-hybridized carbons (Fsp3) is 0.200. The van der Waals surface area contributed by atoms with Gasteiger partial charge in [0.15, 0.2) is 0 Å². The summed E-state index contributed by atoms with van der Waals surface area (Å²) >= 11 is 1.79. The molecule has 0 aliphatic heterocycles. The second-order valence-corrected chi connectivity index (χ2v) is 5.33. The van der Waals surface area contributed by atoms with Crippen molar-refractivity contribution in [3.05, 3.63) is 59.2 Å². The summed E-state index contributed by atoms with van der Waals surface area (Å²) < 4.78 is 0. The molecule has 2 nitrogen and oxygen atoms in total. The Morgan fingerprint density at radius 1 is 1.06 bits per heavy atom. The van der Waals surface area contributed by atoms with Crippen LogP contribution in [0.2, 0.25) is 0 Å². The molecule has 0 aliphatic carbocycles. The molecular weight excluding hydrogens is 242 g/mol. The van der Waals surface area contributed by atoms with Crippen LogP contribution in [0.4, 0.5) is 5.69 Å². The minimum Gasteiger partial charge on any atom is -0.399 e. The molecule has 0 aromatic heterocycles. The van der Waals surface area contributed by atoms with Gasteiger partial charge in [0, 0.05) is 16.3 Å². The molecule has 0 heterocycles. The molecule has 0 spiro atoms. The number of aliphatic hydroxyl groups is 1. The Balaban J connectivity index is 1.99. The zero-order valence-corrected chi connectivity index (χ0v) is 11.2. The van der Waals surface area contributed by atoms with Crippen molar-refractivity contribution in [1.82, 2.24) is 0 Å². The van der Waals surface area contributed by atoms with Crippen molar-refractivity contribution in [1.29, 1.82) is 0 Å². The number of anilines is 1. The van der Waals surface area contributed by atoms with Crippen LogP contribution in [0.25, 0.3) is 0 Å². The van der Waals surface area contributed by atoms with Crippen LogP contribution >= 0.6 is 11.8 Å². The van der Waals surface area contributed by atoms with Crippen molar-refractivity contribution >= 4 is 17.4 Å². The summed E-state index contributed by atoms with van der Waals surface area (Å²) in [5.74, 6) is 0.926. The highest BCUT2D eigenvalue weighted by molar-refractivity contribution is 7.98. The van der Waals surface area contributed by atoms with Gasteiger partial charge in [-0.05, 0) is 41.8 Å². The molecule has 3 heteroatoms. The van der Waals surface area contributed by atoms with Crippen LogP contribution in [0.15, 0.2) is 47.4 Å². The highest BCUT2D eigenvalue weighted by Crippen LogP contribution is 2.25. The van der Waals surface area contributed by atoms with E-state index in [4.69, 9.17) is 10.8 Å². The Morgan fingerprint density at radius 3 is 2.33 bits per heavy atom. The molecule has 94 valence electrons. The molecule has 0 saturated heterocycles. The lowest BCUT2D eigenvalue weighted by atomic mass is 10.2. The fourth-order valence-corrected chi connectivity index (χ4v) is 2.60. The number of benzene rings is 2. The van der Waals surface area contributed by atoms with Crippen LogP contribution in [0.1, 0.15) is 16.7 Å². The van der Waals surface area contributed by atoms with Gasteiger partial charge in [0.25, 0.3) is 0 Å². The number of hydrogen-bond acceptors (Lipinski definition) is 3. The maximum Gasteiger partial charge on any atom is 0.0681 e. The first kappa shape index (κ1) is 13.0. The summed E-state index contributed by atoms with van der Waals surface area (Å²) in [6.07, 6.45) is 0. The van der Waals surface area contributed by atoms with Crippen molar-refractivity contribution in [2.75, 3.05) is 5.73 Å². The van der Waals surface area contributed by atoms with Gasteiger partial charge in [0.1, 0.15) is 0 Å². The second-order valence-electron chi connectivity index (χ2n) is 4.28. The van der Waals surface area contributed by atoms with E-state index in [0.717, 1.165) is 22.6 Å². The molecule has 2 aromatic rings. The summed E-state index contributed by atoms with van der Waals surface area (Å²) in [4.78, 5) is 1.23. The standard InChI is InChI=1S/C15H17NOS/c1-11-8-14(6-7-15(11)16)18-10-13-4-2-12(9-17)3-5-13/h2-8,17H,9-10,16H2,1H3. The Labute approximate surface area is 112 Å². The van der Waals surface area contributed by atoms with Gasteiger partial charge in [-0.2, -0.15) is 0 Å². The fourth-order valence-electron chi connectivity index (χ4n) is 1.65. The summed E-state index contributed by atoms with van der Waals surface area (Å²) in [6, 6.07) is 14.2. The van der Waals surface area contributed by atoms with E-state index in [2.05, 4.69) is 24.3 Å². The number of thioether (sulfide) groups is 1. The molecule has 2 rings (SSSR count). The summed E-state index contributed by atoms with van der Waals surface area (Å²) in [5, 5.41) is 8.98. The molecule has 0 radical (unpaired) electrons. The Morgan fingerprint density at radius 2 is 1.72 bits per heavy atom. The first-order valence-electron chi connectivity index (χ1n) is 5.86. The van der Waals surface area contributed by atoms with Crippen molar-refractivity contribution in [2.24, 2.45) is 0 Å². The average Bonchev–Trinajstić information content (AvgIpc) is 2.41. The van der Waals surface area contributed by atoms with Crippen molar-refractivity contribution in [3.63, 3.8) is 0 Å². The zero-order valence-electron chi connectivity index (χ0n) is 10.4. The van der Waals surface area contributed by atoms with Crippen LogP contribution < -0.4 is 5.73 Å². The Hall–Kier alpha value is -1.45. The normalized spacial score (nSPS) is 10.6. The first-order valence-corrected chi connectivity index (χ1v) is 6.85. The van der Waals surface area contributed by atoms with E-state index < -0.39 is 0 Å². The second kappa shape index (κ2) is 5.94. The van der Waals surface area contributed by atoms with Gasteiger partial charge in [-0.3, -0.25) is 0 Å². The summed E-state index contributed by atoms with van der Waals surface area (Å²) in [6.45, 7) is 2.13. The van der Waals surface area contributed by atoms with Crippen molar-refractivity contribution in [2.45, 2.75) is 24.2 Å². The molecule has 0 atom stereocenters. The number of hydrogen-bond donors (Lipinski definition) is 2. The number of nitrogen functional groups attached to an aromatic ring is 1. The number of rotatable bonds is 4. The van der Waals surface area contributed by atoms with E-state index in [9.17, 15) is 0 Å². The van der Waals surface area contributed by atoms with Crippen LogP contribution in [-0.4, -0.2) is 5.11 Å². The van der Waals surface area contributed by atoms with Crippen molar-refractivity contribution < 1.29 is 5.11 Å². The Bertz CT molecular complexity index is 523. The van der Waals surface area contributed by atoms with E-state index in [-0.39, 0.29) is 6.61 Å². The zero-order chi connectivity index (χ0) is 13.0. The molecule has 18 heavy (non-hydrogen) atoms. The predicted molar refractivity (Wildman–Crippen MR) is 77.5 cm³/mol. The SMILES string of the molecule is Cc1cc(SCc2ccc(CO)cc2)ccc1N. The maximum absolute atomic E-state index is 8.98. The lowest BCUT2D eigenvalue weighted by Gasteiger charge is -2.05. The summed E-state index contributed by atoms with van der Waals surface area (Å²) in [5.41, 5.74) is 9.96. The van der Waals surface area contributed by atoms with E-state index in [1.54, 1.807) is 11.8 Å². The quantitative estimate of drug-likeness (QED) is 0.653. The van der Waals surface area contributed by atoms with Gasteiger partial charge in [-0.1, -0.05) is 24.3 Å². The third-order valence-electron chi connectivity index (χ3n) is 2.85. The van der Waals surface area contributed by atoms with Gasteiger partial charge in [-0.15, -0.1) is 11.8 Å². The molecule has 2 aromatic carbocycles. The minimum absolute atomic E-state index is 0.102. The molecule has 0 unspecified atom stereocenters. The maximum atomic E-state index is 8.98. The van der Waals surface area contributed by atoms with Gasteiger partial charge in [-0.25, -0.2) is 0 Å². The monoisotopic (exact) mass is 259 g/mol. The van der Waals surface area contributed by atoms with Gasteiger partial charge in [0.2, 0.25) is 0 Å². The van der Waals surface area contributed by atoms with Crippen molar-refractivity contribution in [3.8, 4) is 0 Å². The molecular formula is C15H17NOS. The van der Waals surface area contributed by atoms with Crippen LogP contribution in [0.5, 0.6) is 0 Å². The number of aryl methyl sites for hydroxylation is 1. The topological polar surface area (TPSA) is 46.2 Å². The van der Waals surface area contributed by atoms with Crippen LogP contribution in [0, 0.1) is 6.92 Å². The van der Waals surface area contributed by atoms with Gasteiger partial charge >= 0.3 is 0 Å².